The summed E-state index contributed by atoms with van der Waals surface area (Å²) in [5.41, 5.74) is 0.357. The zero-order valence-corrected chi connectivity index (χ0v) is 16.4. The molecule has 2 aromatic rings. The van der Waals surface area contributed by atoms with E-state index in [1.165, 1.54) is 20.1 Å². The van der Waals surface area contributed by atoms with Gasteiger partial charge >= 0.3 is 12.3 Å². The van der Waals surface area contributed by atoms with Gasteiger partial charge in [-0.3, -0.25) is 0 Å². The SMILES string of the molecule is COc1ccc(OC(F)(F)F)cc1C(=O)O/N=C(\C)C1=CS(=O)(=O)c2ccccc21. The van der Waals surface area contributed by atoms with E-state index in [2.05, 4.69) is 9.89 Å². The minimum atomic E-state index is -4.95. The number of halogens is 3. The second-order valence-corrected chi connectivity index (χ2v) is 7.80. The normalized spacial score (nSPS) is 15.2. The molecule has 0 aromatic heterocycles. The van der Waals surface area contributed by atoms with Crippen LogP contribution in [0.15, 0.2) is 57.9 Å². The van der Waals surface area contributed by atoms with Crippen LogP contribution in [0.4, 0.5) is 13.2 Å². The standard InChI is InChI=1S/C19H14F3NO6S/c1-11(15-10-30(25,26)17-6-4-3-5-13(15)17)23-29-18(24)14-9-12(28-19(20,21)22)7-8-16(14)27-2/h3-10H,1-2H3/b23-11+. The summed E-state index contributed by atoms with van der Waals surface area (Å²) in [5.74, 6) is -1.82. The van der Waals surface area contributed by atoms with Gasteiger partial charge in [-0.2, -0.15) is 0 Å². The molecule has 11 heteroatoms. The van der Waals surface area contributed by atoms with Crippen LogP contribution in [-0.2, 0) is 14.7 Å². The van der Waals surface area contributed by atoms with Crippen molar-refractivity contribution < 1.29 is 40.7 Å². The van der Waals surface area contributed by atoms with Crippen molar-refractivity contribution in [2.24, 2.45) is 5.16 Å². The van der Waals surface area contributed by atoms with Gasteiger partial charge < -0.3 is 14.3 Å². The highest BCUT2D eigenvalue weighted by atomic mass is 32.2. The van der Waals surface area contributed by atoms with Crippen LogP contribution in [0.1, 0.15) is 22.8 Å². The number of fused-ring (bicyclic) bond motifs is 1. The van der Waals surface area contributed by atoms with Crippen molar-refractivity contribution in [3.63, 3.8) is 0 Å². The van der Waals surface area contributed by atoms with Crippen molar-refractivity contribution in [3.05, 3.63) is 59.0 Å². The van der Waals surface area contributed by atoms with E-state index in [4.69, 9.17) is 9.57 Å². The highest BCUT2D eigenvalue weighted by molar-refractivity contribution is 7.95. The number of ether oxygens (including phenoxy) is 2. The summed E-state index contributed by atoms with van der Waals surface area (Å²) >= 11 is 0. The first kappa shape index (κ1) is 21.4. The number of hydrogen-bond donors (Lipinski definition) is 0. The Morgan fingerprint density at radius 2 is 1.80 bits per heavy atom. The molecule has 0 saturated carbocycles. The molecule has 0 atom stereocenters. The fraction of sp³-hybridized carbons (Fsp3) is 0.158. The zero-order chi connectivity index (χ0) is 22.1. The molecule has 1 aliphatic rings. The highest BCUT2D eigenvalue weighted by Gasteiger charge is 2.32. The molecule has 7 nitrogen and oxygen atoms in total. The number of oxime groups is 1. The van der Waals surface area contributed by atoms with Gasteiger partial charge in [-0.25, -0.2) is 13.2 Å². The van der Waals surface area contributed by atoms with Crippen molar-refractivity contribution in [1.29, 1.82) is 0 Å². The molecular weight excluding hydrogens is 427 g/mol. The van der Waals surface area contributed by atoms with Gasteiger partial charge in [0, 0.05) is 16.5 Å². The third kappa shape index (κ3) is 4.46. The third-order valence-corrected chi connectivity index (χ3v) is 5.55. The van der Waals surface area contributed by atoms with Gasteiger partial charge in [0.1, 0.15) is 17.1 Å². The van der Waals surface area contributed by atoms with Gasteiger partial charge in [-0.05, 0) is 31.2 Å². The highest BCUT2D eigenvalue weighted by Crippen LogP contribution is 2.34. The van der Waals surface area contributed by atoms with Gasteiger partial charge in [-0.15, -0.1) is 13.2 Å². The molecule has 30 heavy (non-hydrogen) atoms. The lowest BCUT2D eigenvalue weighted by Crippen LogP contribution is -2.17. The van der Waals surface area contributed by atoms with Crippen LogP contribution in [-0.4, -0.2) is 33.6 Å². The molecule has 1 aliphatic heterocycles. The maximum absolute atomic E-state index is 12.4. The maximum Gasteiger partial charge on any atom is 0.573 e. The Morgan fingerprint density at radius 1 is 1.10 bits per heavy atom. The summed E-state index contributed by atoms with van der Waals surface area (Å²) in [7, 11) is -2.43. The number of methoxy groups -OCH3 is 1. The molecular formula is C19H14F3NO6S. The quantitative estimate of drug-likeness (QED) is 0.396. The minimum absolute atomic E-state index is 0.0598. The fourth-order valence-corrected chi connectivity index (χ4v) is 4.24. The minimum Gasteiger partial charge on any atom is -0.496 e. The summed E-state index contributed by atoms with van der Waals surface area (Å²) in [5, 5.41) is 4.65. The molecule has 0 unspecified atom stereocenters. The van der Waals surface area contributed by atoms with Gasteiger partial charge in [0.15, 0.2) is 0 Å². The maximum atomic E-state index is 12.4. The number of carbonyl (C=O) groups is 1. The van der Waals surface area contributed by atoms with Crippen LogP contribution in [0.3, 0.4) is 0 Å². The van der Waals surface area contributed by atoms with Crippen LogP contribution in [0, 0.1) is 0 Å². The van der Waals surface area contributed by atoms with Crippen LogP contribution in [0.2, 0.25) is 0 Å². The number of allylic oxidation sites excluding steroid dienone is 1. The number of benzene rings is 2. The lowest BCUT2D eigenvalue weighted by atomic mass is 10.0. The van der Waals surface area contributed by atoms with Crippen molar-refractivity contribution >= 4 is 27.1 Å². The molecule has 0 spiro atoms. The van der Waals surface area contributed by atoms with E-state index >= 15 is 0 Å². The van der Waals surface area contributed by atoms with E-state index in [1.54, 1.807) is 18.2 Å². The second-order valence-electron chi connectivity index (χ2n) is 6.04. The molecule has 0 aliphatic carbocycles. The van der Waals surface area contributed by atoms with Crippen molar-refractivity contribution in [1.82, 2.24) is 0 Å². The summed E-state index contributed by atoms with van der Waals surface area (Å²) in [6.45, 7) is 1.43. The van der Waals surface area contributed by atoms with Gasteiger partial charge in [-0.1, -0.05) is 23.4 Å². The molecule has 3 rings (SSSR count). The third-order valence-electron chi connectivity index (χ3n) is 4.04. The summed E-state index contributed by atoms with van der Waals surface area (Å²) in [4.78, 5) is 17.3. The summed E-state index contributed by atoms with van der Waals surface area (Å²) in [6, 6.07) is 9.11. The van der Waals surface area contributed by atoms with Crippen LogP contribution < -0.4 is 9.47 Å². The number of carbonyl (C=O) groups excluding carboxylic acids is 1. The first-order valence-electron chi connectivity index (χ1n) is 8.28. The van der Waals surface area contributed by atoms with Crippen LogP contribution in [0.5, 0.6) is 11.5 Å². The number of alkyl halides is 3. The Balaban J connectivity index is 1.87. The topological polar surface area (TPSA) is 91.3 Å². The van der Waals surface area contributed by atoms with E-state index in [1.807, 2.05) is 0 Å². The molecule has 2 aromatic carbocycles. The Bertz CT molecular complexity index is 1170. The Labute approximate surface area is 169 Å². The summed E-state index contributed by atoms with van der Waals surface area (Å²) in [6.07, 6.45) is -4.95. The van der Waals surface area contributed by atoms with Crippen LogP contribution in [0.25, 0.3) is 5.57 Å². The smallest absolute Gasteiger partial charge is 0.496 e. The van der Waals surface area contributed by atoms with Gasteiger partial charge in [0.05, 0.1) is 17.7 Å². The second kappa shape index (κ2) is 7.82. The number of nitrogens with zero attached hydrogens (tertiary/aromatic N) is 1. The first-order chi connectivity index (χ1) is 14.0. The first-order valence-corrected chi connectivity index (χ1v) is 9.83. The Hall–Kier alpha value is -3.34. The average Bonchev–Trinajstić information content (AvgIpc) is 2.96. The molecule has 1 heterocycles. The molecule has 0 amide bonds. The predicted molar refractivity (Wildman–Crippen MR) is 99.8 cm³/mol. The van der Waals surface area contributed by atoms with E-state index in [0.29, 0.717) is 5.56 Å². The lowest BCUT2D eigenvalue weighted by Gasteiger charge is -2.11. The van der Waals surface area contributed by atoms with E-state index in [0.717, 1.165) is 23.6 Å². The fourth-order valence-electron chi connectivity index (χ4n) is 2.75. The molecule has 0 N–H and O–H groups in total. The van der Waals surface area contributed by atoms with Crippen molar-refractivity contribution in [2.75, 3.05) is 7.11 Å². The molecule has 0 bridgehead atoms. The summed E-state index contributed by atoms with van der Waals surface area (Å²) < 4.78 is 70.4. The van der Waals surface area contributed by atoms with E-state index in [9.17, 15) is 26.4 Å². The van der Waals surface area contributed by atoms with Crippen molar-refractivity contribution in [3.8, 4) is 11.5 Å². The number of rotatable bonds is 5. The van der Waals surface area contributed by atoms with E-state index < -0.39 is 27.9 Å². The van der Waals surface area contributed by atoms with Crippen molar-refractivity contribution in [2.45, 2.75) is 18.2 Å². The van der Waals surface area contributed by atoms with Gasteiger partial charge in [0.25, 0.3) is 0 Å². The largest absolute Gasteiger partial charge is 0.573 e. The van der Waals surface area contributed by atoms with Crippen LogP contribution >= 0.6 is 0 Å². The molecule has 158 valence electrons. The molecule has 0 radical (unpaired) electrons. The Morgan fingerprint density at radius 3 is 2.47 bits per heavy atom. The lowest BCUT2D eigenvalue weighted by molar-refractivity contribution is -0.274. The predicted octanol–water partition coefficient (Wildman–Crippen LogP) is 3.95. The monoisotopic (exact) mass is 441 g/mol. The molecule has 0 saturated heterocycles. The number of sulfone groups is 1. The molecule has 0 fully saturated rings. The van der Waals surface area contributed by atoms with E-state index in [-0.39, 0.29) is 27.5 Å². The average molecular weight is 441 g/mol. The number of hydrogen-bond acceptors (Lipinski definition) is 7. The zero-order valence-electron chi connectivity index (χ0n) is 15.6. The Kier molecular flexibility index (Phi) is 5.57. The van der Waals surface area contributed by atoms with Gasteiger partial charge in [0.2, 0.25) is 9.84 Å².